The summed E-state index contributed by atoms with van der Waals surface area (Å²) in [7, 11) is 0. The topological polar surface area (TPSA) is 35.0 Å². The average Bonchev–Trinajstić information content (AvgIpc) is 2.91. The van der Waals surface area contributed by atoms with Gasteiger partial charge in [-0.05, 0) is 54.7 Å². The summed E-state index contributed by atoms with van der Waals surface area (Å²) in [5.41, 5.74) is 3.48. The third kappa shape index (κ3) is 9.04. The molecule has 3 nitrogen and oxygen atoms in total. The molecule has 0 saturated carbocycles. The molecule has 2 aromatic carbocycles. The maximum absolute atomic E-state index is 15.3. The van der Waals surface area contributed by atoms with Crippen LogP contribution in [0.15, 0.2) is 54.9 Å². The number of unbranched alkanes of at least 4 members (excludes halogenated alkanes) is 10. The van der Waals surface area contributed by atoms with Gasteiger partial charge in [0.1, 0.15) is 11.6 Å². The number of halogens is 1. The van der Waals surface area contributed by atoms with Gasteiger partial charge in [0.15, 0.2) is 5.82 Å². The molecule has 0 atom stereocenters. The quantitative estimate of drug-likeness (QED) is 0.177. The number of nitrogens with zero attached hydrogens (tertiary/aromatic N) is 2. The number of hydrogen-bond donors (Lipinski definition) is 0. The maximum atomic E-state index is 15.3. The van der Waals surface area contributed by atoms with E-state index in [1.165, 1.54) is 69.4 Å². The summed E-state index contributed by atoms with van der Waals surface area (Å²) < 4.78 is 21.1. The zero-order chi connectivity index (χ0) is 25.4. The van der Waals surface area contributed by atoms with Crippen LogP contribution in [0.3, 0.4) is 0 Å². The summed E-state index contributed by atoms with van der Waals surface area (Å²) in [6.07, 6.45) is 19.3. The van der Waals surface area contributed by atoms with E-state index in [-0.39, 0.29) is 5.82 Å². The monoisotopic (exact) mass is 490 g/mol. The normalized spacial score (nSPS) is 11.1. The van der Waals surface area contributed by atoms with Crippen LogP contribution in [0.4, 0.5) is 4.39 Å². The highest BCUT2D eigenvalue weighted by Gasteiger charge is 2.15. The highest BCUT2D eigenvalue weighted by Crippen LogP contribution is 2.34. The number of aryl methyl sites for hydroxylation is 1. The molecular weight excluding hydrogens is 447 g/mol. The van der Waals surface area contributed by atoms with Crippen molar-refractivity contribution in [2.75, 3.05) is 6.61 Å². The van der Waals surface area contributed by atoms with Crippen LogP contribution in [0.1, 0.15) is 96.5 Å². The van der Waals surface area contributed by atoms with Crippen molar-refractivity contribution in [2.45, 2.75) is 97.3 Å². The zero-order valence-electron chi connectivity index (χ0n) is 22.3. The first kappa shape index (κ1) is 27.8. The molecule has 4 heteroatoms. The van der Waals surface area contributed by atoms with Crippen molar-refractivity contribution in [2.24, 2.45) is 0 Å². The minimum absolute atomic E-state index is 0.281. The van der Waals surface area contributed by atoms with Crippen molar-refractivity contribution in [3.05, 3.63) is 66.2 Å². The molecule has 194 valence electrons. The molecule has 0 bridgehead atoms. The van der Waals surface area contributed by atoms with Crippen molar-refractivity contribution < 1.29 is 9.13 Å². The SMILES string of the molecule is CCCCCCCCOc1ccc(-c2ccc(CCCCCCCC)cc2-c2ncccn2)c(F)c1. The van der Waals surface area contributed by atoms with Crippen molar-refractivity contribution in [3.8, 4) is 28.3 Å². The molecule has 0 N–H and O–H groups in total. The van der Waals surface area contributed by atoms with E-state index in [4.69, 9.17) is 4.74 Å². The predicted octanol–water partition coefficient (Wildman–Crippen LogP) is 9.59. The van der Waals surface area contributed by atoms with Gasteiger partial charge in [-0.1, -0.05) is 90.2 Å². The molecule has 1 heterocycles. The smallest absolute Gasteiger partial charge is 0.159 e. The summed E-state index contributed by atoms with van der Waals surface area (Å²) in [5.74, 6) is 0.929. The van der Waals surface area contributed by atoms with Gasteiger partial charge in [-0.25, -0.2) is 14.4 Å². The van der Waals surface area contributed by atoms with E-state index in [1.54, 1.807) is 18.5 Å². The van der Waals surface area contributed by atoms with E-state index in [2.05, 4.69) is 35.9 Å². The molecule has 1 aromatic heterocycles. The second-order valence-electron chi connectivity index (χ2n) is 9.73. The summed E-state index contributed by atoms with van der Waals surface area (Å²) >= 11 is 0. The van der Waals surface area contributed by atoms with E-state index in [9.17, 15) is 0 Å². The van der Waals surface area contributed by atoms with E-state index in [0.717, 1.165) is 36.8 Å². The fraction of sp³-hybridized carbons (Fsp3) is 0.500. The number of benzene rings is 2. The lowest BCUT2D eigenvalue weighted by Crippen LogP contribution is -1.99. The fourth-order valence-corrected chi connectivity index (χ4v) is 4.59. The molecule has 0 unspecified atom stereocenters. The van der Waals surface area contributed by atoms with Gasteiger partial charge < -0.3 is 4.74 Å². The lowest BCUT2D eigenvalue weighted by atomic mass is 9.94. The Labute approximate surface area is 217 Å². The summed E-state index contributed by atoms with van der Waals surface area (Å²) in [6, 6.07) is 13.3. The molecule has 3 rings (SSSR count). The van der Waals surface area contributed by atoms with Gasteiger partial charge in [-0.3, -0.25) is 0 Å². The minimum atomic E-state index is -0.281. The Balaban J connectivity index is 1.69. The molecule has 0 aliphatic rings. The second-order valence-corrected chi connectivity index (χ2v) is 9.73. The maximum Gasteiger partial charge on any atom is 0.159 e. The van der Waals surface area contributed by atoms with Crippen LogP contribution in [0, 0.1) is 5.82 Å². The van der Waals surface area contributed by atoms with Crippen LogP contribution in [0.25, 0.3) is 22.5 Å². The Bertz CT molecular complexity index is 1020. The van der Waals surface area contributed by atoms with Crippen LogP contribution in [0.5, 0.6) is 5.75 Å². The molecule has 36 heavy (non-hydrogen) atoms. The predicted molar refractivity (Wildman–Crippen MR) is 149 cm³/mol. The number of aromatic nitrogens is 2. The van der Waals surface area contributed by atoms with Crippen LogP contribution in [-0.2, 0) is 6.42 Å². The van der Waals surface area contributed by atoms with Gasteiger partial charge >= 0.3 is 0 Å². The molecule has 0 saturated heterocycles. The van der Waals surface area contributed by atoms with Crippen LogP contribution in [-0.4, -0.2) is 16.6 Å². The summed E-state index contributed by atoms with van der Waals surface area (Å²) in [6.45, 7) is 5.09. The first-order chi connectivity index (χ1) is 17.7. The Morgan fingerprint density at radius 1 is 0.667 bits per heavy atom. The summed E-state index contributed by atoms with van der Waals surface area (Å²) in [4.78, 5) is 8.94. The van der Waals surface area contributed by atoms with Crippen LogP contribution in [0.2, 0.25) is 0 Å². The molecular formula is C32H43FN2O. The third-order valence-corrected chi connectivity index (χ3v) is 6.71. The highest BCUT2D eigenvalue weighted by atomic mass is 19.1. The van der Waals surface area contributed by atoms with Gasteiger partial charge in [0, 0.05) is 29.6 Å². The highest BCUT2D eigenvalue weighted by molar-refractivity contribution is 5.81. The molecule has 3 aromatic rings. The van der Waals surface area contributed by atoms with Crippen molar-refractivity contribution >= 4 is 0 Å². The molecule has 0 aliphatic carbocycles. The Hall–Kier alpha value is -2.75. The van der Waals surface area contributed by atoms with E-state index >= 15 is 4.39 Å². The third-order valence-electron chi connectivity index (χ3n) is 6.71. The molecule has 0 amide bonds. The van der Waals surface area contributed by atoms with E-state index in [1.807, 2.05) is 18.2 Å². The fourth-order valence-electron chi connectivity index (χ4n) is 4.59. The minimum Gasteiger partial charge on any atom is -0.493 e. The number of hydrogen-bond acceptors (Lipinski definition) is 3. The lowest BCUT2D eigenvalue weighted by molar-refractivity contribution is 0.303. The van der Waals surface area contributed by atoms with Gasteiger partial charge in [0.05, 0.1) is 6.61 Å². The van der Waals surface area contributed by atoms with Crippen molar-refractivity contribution in [1.29, 1.82) is 0 Å². The standard InChI is InChI=1S/C32H43FN2O/c1-3-5-7-9-11-13-16-26-17-19-28(30(24-26)32-34-21-15-22-35-32)29-20-18-27(25-31(29)33)36-23-14-12-10-8-6-4-2/h15,17-22,24-25H,3-14,16,23H2,1-2H3. The first-order valence-corrected chi connectivity index (χ1v) is 14.1. The van der Waals surface area contributed by atoms with Gasteiger partial charge in [-0.15, -0.1) is 0 Å². The average molecular weight is 491 g/mol. The molecule has 0 spiro atoms. The largest absolute Gasteiger partial charge is 0.493 e. The Morgan fingerprint density at radius 2 is 1.31 bits per heavy atom. The van der Waals surface area contributed by atoms with Gasteiger partial charge in [0.25, 0.3) is 0 Å². The molecule has 0 aliphatic heterocycles. The zero-order valence-corrected chi connectivity index (χ0v) is 22.3. The number of ether oxygens (including phenoxy) is 1. The first-order valence-electron chi connectivity index (χ1n) is 14.1. The Kier molecular flexibility index (Phi) is 12.4. The van der Waals surface area contributed by atoms with Gasteiger partial charge in [-0.2, -0.15) is 0 Å². The van der Waals surface area contributed by atoms with Gasteiger partial charge in [0.2, 0.25) is 0 Å². The second kappa shape index (κ2) is 16.1. The van der Waals surface area contributed by atoms with E-state index in [0.29, 0.717) is 23.7 Å². The van der Waals surface area contributed by atoms with Crippen molar-refractivity contribution in [1.82, 2.24) is 9.97 Å². The van der Waals surface area contributed by atoms with Crippen LogP contribution >= 0.6 is 0 Å². The number of rotatable bonds is 17. The Morgan fingerprint density at radius 3 is 2.00 bits per heavy atom. The van der Waals surface area contributed by atoms with Crippen LogP contribution < -0.4 is 4.74 Å². The van der Waals surface area contributed by atoms with E-state index < -0.39 is 0 Å². The molecule has 0 fully saturated rings. The lowest BCUT2D eigenvalue weighted by Gasteiger charge is -2.13. The molecule has 0 radical (unpaired) electrons. The summed E-state index contributed by atoms with van der Waals surface area (Å²) in [5, 5.41) is 0. The van der Waals surface area contributed by atoms with Crippen molar-refractivity contribution in [3.63, 3.8) is 0 Å².